The first-order valence-corrected chi connectivity index (χ1v) is 15.4. The predicted molar refractivity (Wildman–Crippen MR) is 137 cm³/mol. The Labute approximate surface area is 189 Å². The summed E-state index contributed by atoms with van der Waals surface area (Å²) in [4.78, 5) is 0. The molecule has 0 saturated heterocycles. The van der Waals surface area contributed by atoms with Crippen LogP contribution in [0, 0.1) is 0 Å². The van der Waals surface area contributed by atoms with Gasteiger partial charge in [0.05, 0.1) is 0 Å². The molecule has 0 aromatic heterocycles. The van der Waals surface area contributed by atoms with Gasteiger partial charge in [-0.15, -0.1) is 0 Å². The van der Waals surface area contributed by atoms with Gasteiger partial charge in [0.1, 0.15) is 0 Å². The van der Waals surface area contributed by atoms with E-state index in [1.807, 2.05) is 20.8 Å². The van der Waals surface area contributed by atoms with Crippen molar-refractivity contribution in [3.05, 3.63) is 91.0 Å². The molecule has 3 rings (SSSR count). The van der Waals surface area contributed by atoms with Gasteiger partial charge in [-0.25, -0.2) is 0 Å². The molecular formula is C26H35O3PSi. The Kier molecular flexibility index (Phi) is 9.00. The second-order valence-electron chi connectivity index (χ2n) is 7.49. The fourth-order valence-electron chi connectivity index (χ4n) is 4.44. The number of rotatable bonds is 12. The van der Waals surface area contributed by atoms with Gasteiger partial charge < -0.3 is 0 Å². The molecule has 0 spiro atoms. The summed E-state index contributed by atoms with van der Waals surface area (Å²) in [5.41, 5.74) is 0. The Morgan fingerprint density at radius 2 is 0.871 bits per heavy atom. The van der Waals surface area contributed by atoms with Crippen LogP contribution >= 0.6 is 7.26 Å². The van der Waals surface area contributed by atoms with Crippen LogP contribution in [0.3, 0.4) is 0 Å². The summed E-state index contributed by atoms with van der Waals surface area (Å²) < 4.78 is 18.7. The summed E-state index contributed by atoms with van der Waals surface area (Å²) in [6, 6.07) is 33.7. The first kappa shape index (κ1) is 23.8. The Hall–Kier alpha value is -1.81. The van der Waals surface area contributed by atoms with Crippen molar-refractivity contribution in [2.75, 3.05) is 26.0 Å². The maximum absolute atomic E-state index is 6.23. The van der Waals surface area contributed by atoms with Gasteiger partial charge in [0.25, 0.3) is 0 Å². The van der Waals surface area contributed by atoms with E-state index in [0.29, 0.717) is 19.8 Å². The fourth-order valence-corrected chi connectivity index (χ4v) is 13.3. The summed E-state index contributed by atoms with van der Waals surface area (Å²) in [7, 11) is -5.10. The van der Waals surface area contributed by atoms with Crippen LogP contribution in [-0.4, -0.2) is 34.8 Å². The Morgan fingerprint density at radius 3 is 1.16 bits per heavy atom. The normalized spacial score (nSPS) is 12.6. The van der Waals surface area contributed by atoms with Gasteiger partial charge >= 0.3 is 189 Å². The zero-order valence-electron chi connectivity index (χ0n) is 18.9. The Morgan fingerprint density at radius 1 is 0.548 bits per heavy atom. The fraction of sp³-hybridized carbons (Fsp3) is 0.308. The minimum atomic E-state index is -2.77. The van der Waals surface area contributed by atoms with E-state index in [4.69, 9.17) is 13.3 Å². The SMILES string of the molecule is CCO[Si](CC[PH](c1ccccc1)(c1ccccc1)c1ccccc1)(OCC)OCC. The van der Waals surface area contributed by atoms with Crippen LogP contribution in [0.5, 0.6) is 0 Å². The molecule has 0 saturated carbocycles. The van der Waals surface area contributed by atoms with Gasteiger partial charge in [-0.1, -0.05) is 0 Å². The molecule has 0 fully saturated rings. The van der Waals surface area contributed by atoms with Crippen molar-refractivity contribution in [2.45, 2.75) is 26.8 Å². The molecule has 31 heavy (non-hydrogen) atoms. The minimum absolute atomic E-state index is 0.600. The van der Waals surface area contributed by atoms with Crippen molar-refractivity contribution in [1.82, 2.24) is 0 Å². The molecule has 3 nitrogen and oxygen atoms in total. The molecule has 0 radical (unpaired) electrons. The first-order chi connectivity index (χ1) is 15.2. The van der Waals surface area contributed by atoms with E-state index in [1.54, 1.807) is 0 Å². The van der Waals surface area contributed by atoms with E-state index >= 15 is 0 Å². The standard InChI is InChI=1S/C26H35O3PSi/c1-4-27-31(28-5-2,29-6-3)23-22-30(24-16-10-7-11-17-24,25-18-12-8-13-19-25)26-20-14-9-15-21-26/h7-21,30H,4-6,22-23H2,1-3H3. The third-order valence-electron chi connectivity index (χ3n) is 5.70. The van der Waals surface area contributed by atoms with Crippen LogP contribution in [0.1, 0.15) is 20.8 Å². The molecule has 5 heteroatoms. The maximum atomic E-state index is 6.23. The van der Waals surface area contributed by atoms with Gasteiger partial charge in [0, 0.05) is 0 Å². The van der Waals surface area contributed by atoms with Crippen molar-refractivity contribution in [3.8, 4) is 0 Å². The van der Waals surface area contributed by atoms with Gasteiger partial charge in [0.2, 0.25) is 0 Å². The summed E-state index contributed by atoms with van der Waals surface area (Å²) in [5.74, 6) is 0. The molecular weight excluding hydrogens is 419 g/mol. The zero-order chi connectivity index (χ0) is 22.0. The van der Waals surface area contributed by atoms with E-state index < -0.39 is 16.1 Å². The molecule has 0 bridgehead atoms. The molecule has 0 heterocycles. The molecule has 0 unspecified atom stereocenters. The van der Waals surface area contributed by atoms with Gasteiger partial charge in [-0.2, -0.15) is 0 Å². The Bertz CT molecular complexity index is 777. The second kappa shape index (κ2) is 11.7. The van der Waals surface area contributed by atoms with Gasteiger partial charge in [-0.05, 0) is 0 Å². The summed E-state index contributed by atoms with van der Waals surface area (Å²) in [6.45, 7) is 7.87. The van der Waals surface area contributed by atoms with Crippen molar-refractivity contribution < 1.29 is 13.3 Å². The monoisotopic (exact) mass is 454 g/mol. The zero-order valence-corrected chi connectivity index (χ0v) is 20.9. The van der Waals surface area contributed by atoms with Gasteiger partial charge in [-0.3, -0.25) is 0 Å². The van der Waals surface area contributed by atoms with E-state index in [-0.39, 0.29) is 0 Å². The van der Waals surface area contributed by atoms with Crippen LogP contribution in [0.4, 0.5) is 0 Å². The van der Waals surface area contributed by atoms with E-state index in [9.17, 15) is 0 Å². The summed E-state index contributed by atoms with van der Waals surface area (Å²) in [5, 5.41) is 4.21. The molecule has 0 aliphatic heterocycles. The molecule has 166 valence electrons. The van der Waals surface area contributed by atoms with Gasteiger partial charge in [0.15, 0.2) is 0 Å². The van der Waals surface area contributed by atoms with E-state index in [0.717, 1.165) is 12.2 Å². The molecule has 0 aliphatic rings. The number of hydrogen-bond donors (Lipinski definition) is 0. The molecule has 0 atom stereocenters. The summed E-state index contributed by atoms with van der Waals surface area (Å²) in [6.07, 6.45) is 0.970. The van der Waals surface area contributed by atoms with Crippen LogP contribution < -0.4 is 15.9 Å². The van der Waals surface area contributed by atoms with E-state index in [2.05, 4.69) is 91.0 Å². The van der Waals surface area contributed by atoms with Crippen molar-refractivity contribution in [1.29, 1.82) is 0 Å². The van der Waals surface area contributed by atoms with Crippen molar-refractivity contribution in [2.24, 2.45) is 0 Å². The first-order valence-electron chi connectivity index (χ1n) is 11.3. The van der Waals surface area contributed by atoms with Crippen LogP contribution in [-0.2, 0) is 13.3 Å². The average Bonchev–Trinajstić information content (AvgIpc) is 2.82. The van der Waals surface area contributed by atoms with Crippen molar-refractivity contribution in [3.63, 3.8) is 0 Å². The third-order valence-corrected chi connectivity index (χ3v) is 14.2. The summed E-state index contributed by atoms with van der Waals surface area (Å²) >= 11 is 0. The molecule has 0 N–H and O–H groups in total. The van der Waals surface area contributed by atoms with Crippen molar-refractivity contribution >= 4 is 32.0 Å². The molecule has 0 amide bonds. The number of benzene rings is 3. The van der Waals surface area contributed by atoms with Crippen LogP contribution in [0.25, 0.3) is 0 Å². The average molecular weight is 455 g/mol. The molecule has 0 aliphatic carbocycles. The van der Waals surface area contributed by atoms with Crippen LogP contribution in [0.2, 0.25) is 6.04 Å². The predicted octanol–water partition coefficient (Wildman–Crippen LogP) is 4.76. The third kappa shape index (κ3) is 5.52. The topological polar surface area (TPSA) is 27.7 Å². The second-order valence-corrected chi connectivity index (χ2v) is 14.3. The Balaban J connectivity index is 2.15. The van der Waals surface area contributed by atoms with E-state index in [1.165, 1.54) is 15.9 Å². The quantitative estimate of drug-likeness (QED) is 0.292. The molecule has 3 aromatic rings. The number of hydrogen-bond acceptors (Lipinski definition) is 3. The van der Waals surface area contributed by atoms with Crippen LogP contribution in [0.15, 0.2) is 91.0 Å². The molecule has 3 aromatic carbocycles.